The smallest absolute Gasteiger partial charge is 0.239 e. The van der Waals surface area contributed by atoms with E-state index in [1.165, 1.54) is 0 Å². The fourth-order valence-electron chi connectivity index (χ4n) is 1.75. The Morgan fingerprint density at radius 3 is 2.88 bits per heavy atom. The molecule has 1 aromatic carbocycles. The molecule has 0 spiro atoms. The largest absolute Gasteiger partial charge is 0.454 e. The number of ether oxygens (including phenoxy) is 3. The minimum absolute atomic E-state index is 0.255. The van der Waals surface area contributed by atoms with E-state index in [-0.39, 0.29) is 6.29 Å². The molecule has 84 valence electrons. The van der Waals surface area contributed by atoms with E-state index >= 15 is 0 Å². The molecule has 0 saturated carbocycles. The summed E-state index contributed by atoms with van der Waals surface area (Å²) in [6, 6.07) is 7.84. The van der Waals surface area contributed by atoms with Gasteiger partial charge in [0, 0.05) is 11.1 Å². The van der Waals surface area contributed by atoms with Gasteiger partial charge in [0.1, 0.15) is 0 Å². The van der Waals surface area contributed by atoms with Crippen molar-refractivity contribution < 1.29 is 14.2 Å². The van der Waals surface area contributed by atoms with E-state index in [0.29, 0.717) is 25.8 Å². The number of hydrogen-bond donors (Lipinski definition) is 1. The van der Waals surface area contributed by atoms with Crippen LogP contribution in [0.1, 0.15) is 17.4 Å². The molecule has 1 fully saturated rings. The Labute approximate surface area is 93.0 Å². The standard InChI is InChI=1S/C11H12N2O3/c1-2-8(10-13-12-7-16-10)6-9(3-1)11-14-4-5-15-11/h1-3,6,11-12H,4-5,7H2. The zero-order valence-electron chi connectivity index (χ0n) is 8.68. The lowest BCUT2D eigenvalue weighted by atomic mass is 10.1. The highest BCUT2D eigenvalue weighted by atomic mass is 16.7. The number of nitrogens with one attached hydrogen (secondary N) is 1. The Bertz CT molecular complexity index is 413. The van der Waals surface area contributed by atoms with E-state index in [1.807, 2.05) is 24.3 Å². The van der Waals surface area contributed by atoms with Crippen molar-refractivity contribution in [3.63, 3.8) is 0 Å². The maximum Gasteiger partial charge on any atom is 0.239 e. The Morgan fingerprint density at radius 2 is 2.12 bits per heavy atom. The summed E-state index contributed by atoms with van der Waals surface area (Å²) < 4.78 is 16.2. The second-order valence-electron chi connectivity index (χ2n) is 3.56. The lowest BCUT2D eigenvalue weighted by Crippen LogP contribution is -2.04. The Kier molecular flexibility index (Phi) is 2.47. The summed E-state index contributed by atoms with van der Waals surface area (Å²) in [5, 5.41) is 4.04. The van der Waals surface area contributed by atoms with Crippen LogP contribution in [0.4, 0.5) is 0 Å². The molecule has 0 unspecified atom stereocenters. The van der Waals surface area contributed by atoms with Crippen molar-refractivity contribution >= 4 is 5.90 Å². The van der Waals surface area contributed by atoms with Crippen LogP contribution in [0, 0.1) is 0 Å². The number of hydrazone groups is 1. The lowest BCUT2D eigenvalue weighted by molar-refractivity contribution is -0.0441. The third-order valence-corrected chi connectivity index (χ3v) is 2.48. The van der Waals surface area contributed by atoms with Crippen LogP contribution in [-0.4, -0.2) is 25.8 Å². The summed E-state index contributed by atoms with van der Waals surface area (Å²) in [5.74, 6) is 0.611. The first-order chi connectivity index (χ1) is 7.93. The SMILES string of the molecule is c1cc(C2=NNCO2)cc(C2OCCO2)c1. The van der Waals surface area contributed by atoms with E-state index in [1.54, 1.807) is 0 Å². The van der Waals surface area contributed by atoms with Gasteiger partial charge >= 0.3 is 0 Å². The van der Waals surface area contributed by atoms with Gasteiger partial charge in [-0.2, -0.15) is 0 Å². The number of nitrogens with zero attached hydrogens (tertiary/aromatic N) is 1. The van der Waals surface area contributed by atoms with Gasteiger partial charge in [0.25, 0.3) is 0 Å². The highest BCUT2D eigenvalue weighted by molar-refractivity contribution is 5.94. The molecule has 0 aliphatic carbocycles. The van der Waals surface area contributed by atoms with Crippen LogP contribution in [0.25, 0.3) is 0 Å². The summed E-state index contributed by atoms with van der Waals surface area (Å²) >= 11 is 0. The molecule has 2 aliphatic heterocycles. The molecule has 1 N–H and O–H groups in total. The molecule has 5 nitrogen and oxygen atoms in total. The Balaban J connectivity index is 1.87. The molecule has 0 atom stereocenters. The molecule has 3 rings (SSSR count). The van der Waals surface area contributed by atoms with E-state index in [9.17, 15) is 0 Å². The first kappa shape index (κ1) is 9.62. The Morgan fingerprint density at radius 1 is 1.25 bits per heavy atom. The monoisotopic (exact) mass is 220 g/mol. The Hall–Kier alpha value is -1.59. The lowest BCUT2D eigenvalue weighted by Gasteiger charge is -2.10. The molecule has 0 aromatic heterocycles. The van der Waals surface area contributed by atoms with Crippen molar-refractivity contribution in [1.82, 2.24) is 5.43 Å². The van der Waals surface area contributed by atoms with Gasteiger partial charge in [0.2, 0.25) is 5.90 Å². The average Bonchev–Trinajstić information content (AvgIpc) is 3.03. The predicted octanol–water partition coefficient (Wildman–Crippen LogP) is 0.971. The fraction of sp³-hybridized carbons (Fsp3) is 0.364. The summed E-state index contributed by atoms with van der Waals surface area (Å²) in [5.41, 5.74) is 4.69. The quantitative estimate of drug-likeness (QED) is 0.807. The summed E-state index contributed by atoms with van der Waals surface area (Å²) in [7, 11) is 0. The van der Waals surface area contributed by atoms with Crippen molar-refractivity contribution in [2.75, 3.05) is 19.9 Å². The highest BCUT2D eigenvalue weighted by Gasteiger charge is 2.19. The zero-order valence-corrected chi connectivity index (χ0v) is 8.68. The molecule has 2 aliphatic rings. The van der Waals surface area contributed by atoms with Crippen LogP contribution in [0.2, 0.25) is 0 Å². The minimum Gasteiger partial charge on any atom is -0.454 e. The predicted molar refractivity (Wildman–Crippen MR) is 56.7 cm³/mol. The number of hydrogen-bond acceptors (Lipinski definition) is 5. The van der Waals surface area contributed by atoms with Crippen molar-refractivity contribution in [1.29, 1.82) is 0 Å². The normalized spacial score (nSPS) is 20.4. The molecular weight excluding hydrogens is 208 g/mol. The van der Waals surface area contributed by atoms with Gasteiger partial charge in [0.05, 0.1) is 13.2 Å². The summed E-state index contributed by atoms with van der Waals surface area (Å²) in [6.07, 6.45) is -0.255. The first-order valence-corrected chi connectivity index (χ1v) is 5.20. The minimum atomic E-state index is -0.255. The third-order valence-electron chi connectivity index (χ3n) is 2.48. The van der Waals surface area contributed by atoms with Crippen LogP contribution < -0.4 is 5.43 Å². The third kappa shape index (κ3) is 1.75. The molecular formula is C11H12N2O3. The van der Waals surface area contributed by atoms with E-state index in [2.05, 4.69) is 10.5 Å². The van der Waals surface area contributed by atoms with Crippen molar-refractivity contribution in [2.45, 2.75) is 6.29 Å². The van der Waals surface area contributed by atoms with Crippen LogP contribution in [0.5, 0.6) is 0 Å². The van der Waals surface area contributed by atoms with Crippen molar-refractivity contribution in [3.8, 4) is 0 Å². The van der Waals surface area contributed by atoms with Crippen LogP contribution in [-0.2, 0) is 14.2 Å². The van der Waals surface area contributed by atoms with E-state index in [4.69, 9.17) is 14.2 Å². The summed E-state index contributed by atoms with van der Waals surface area (Å²) in [4.78, 5) is 0. The molecule has 5 heteroatoms. The second-order valence-corrected chi connectivity index (χ2v) is 3.56. The van der Waals surface area contributed by atoms with E-state index in [0.717, 1.165) is 11.1 Å². The van der Waals surface area contributed by atoms with Crippen molar-refractivity contribution in [2.24, 2.45) is 5.10 Å². The molecule has 16 heavy (non-hydrogen) atoms. The van der Waals surface area contributed by atoms with Crippen molar-refractivity contribution in [3.05, 3.63) is 35.4 Å². The average molecular weight is 220 g/mol. The van der Waals surface area contributed by atoms with Crippen LogP contribution in [0.15, 0.2) is 29.4 Å². The fourth-order valence-corrected chi connectivity index (χ4v) is 1.75. The number of benzene rings is 1. The molecule has 2 heterocycles. The van der Waals surface area contributed by atoms with Gasteiger partial charge in [-0.3, -0.25) is 5.43 Å². The molecule has 1 aromatic rings. The van der Waals surface area contributed by atoms with Gasteiger partial charge in [-0.15, -0.1) is 5.10 Å². The van der Waals surface area contributed by atoms with Crippen LogP contribution in [0.3, 0.4) is 0 Å². The number of rotatable bonds is 2. The van der Waals surface area contributed by atoms with Crippen LogP contribution >= 0.6 is 0 Å². The first-order valence-electron chi connectivity index (χ1n) is 5.20. The topological polar surface area (TPSA) is 52.1 Å². The second kappa shape index (κ2) is 4.11. The molecule has 0 amide bonds. The van der Waals surface area contributed by atoms with Gasteiger partial charge in [-0.25, -0.2) is 0 Å². The van der Waals surface area contributed by atoms with Gasteiger partial charge in [0.15, 0.2) is 13.0 Å². The van der Waals surface area contributed by atoms with E-state index < -0.39 is 0 Å². The van der Waals surface area contributed by atoms with Gasteiger partial charge in [-0.1, -0.05) is 12.1 Å². The highest BCUT2D eigenvalue weighted by Crippen LogP contribution is 2.24. The maximum absolute atomic E-state index is 5.44. The van der Waals surface area contributed by atoms with Gasteiger partial charge < -0.3 is 14.2 Å². The maximum atomic E-state index is 5.44. The van der Waals surface area contributed by atoms with Gasteiger partial charge in [-0.05, 0) is 12.1 Å². The molecule has 0 radical (unpaired) electrons. The summed E-state index contributed by atoms with van der Waals surface area (Å²) in [6.45, 7) is 1.72. The zero-order chi connectivity index (χ0) is 10.8. The molecule has 1 saturated heterocycles. The molecule has 0 bridgehead atoms.